The Hall–Kier alpha value is -9.35. The Morgan fingerprint density at radius 2 is 0.593 bits per heavy atom. The van der Waals surface area contributed by atoms with Gasteiger partial charge >= 0.3 is 59.9 Å². The first-order chi connectivity index (χ1) is 68.8. The minimum atomic E-state index is -4.02. The first kappa shape index (κ1) is 142. The zero-order valence-electron chi connectivity index (χ0n) is 91.6. The second-order valence-electron chi connectivity index (χ2n) is 37.8. The summed E-state index contributed by atoms with van der Waals surface area (Å²) < 4.78 is 107. The van der Waals surface area contributed by atoms with Gasteiger partial charge in [0.1, 0.15) is 41.4 Å². The highest BCUT2D eigenvalue weighted by Crippen LogP contribution is 2.23. The van der Waals surface area contributed by atoms with Crippen molar-refractivity contribution < 1.29 is 137 Å². The monoisotopic (exact) mass is 2110 g/mol. The van der Waals surface area contributed by atoms with Crippen molar-refractivity contribution in [2.75, 3.05) is 46.3 Å². The van der Waals surface area contributed by atoms with E-state index >= 15 is 0 Å². The molecule has 0 radical (unpaired) electrons. The number of aliphatic carboxylic acids is 3. The minimum Gasteiger partial charge on any atom is -0.481 e. The van der Waals surface area contributed by atoms with E-state index in [9.17, 15) is 74.4 Å². The minimum absolute atomic E-state index is 0.0141. The van der Waals surface area contributed by atoms with Crippen molar-refractivity contribution in [2.24, 2.45) is 64.5 Å². The first-order valence-electron chi connectivity index (χ1n) is 52.2. The SMILES string of the molecule is CC.CC(=O)CC(CC(C)C)C(=O)OCCCCCCOC(=O)C(N)CC(C)C.CC(C)CC(N)C(=O)OCCCCCCOC(=O)C(N)CC(C)C.CCC(CC(C)C)C(=O)OCCCCCCOC(=O)C(CC(C)C)NC(=O)CCCCCCCCC(=O)O.Cc1ccc(S(=O)(=O)O)cc1.Cc1ccc(S(=O)(=O)O)cc1.O=C(O)CCCCCCCCC(=O)O.O=C(Oc1ccccc1)Oc1ccccc1.[2H]PC. The molecule has 0 aliphatic heterocycles. The van der Waals surface area contributed by atoms with E-state index in [1.165, 1.54) is 31.2 Å². The Labute approximate surface area is 871 Å². The summed E-state index contributed by atoms with van der Waals surface area (Å²) in [5, 5.41) is 28.2. The van der Waals surface area contributed by atoms with Gasteiger partial charge in [-0.1, -0.05) is 234 Å². The van der Waals surface area contributed by atoms with Crippen LogP contribution in [0, 0.1) is 61.2 Å². The highest BCUT2D eigenvalue weighted by atomic mass is 32.2. The number of para-hydroxylation sites is 2. The largest absolute Gasteiger partial charge is 0.519 e. The molecule has 0 bridgehead atoms. The van der Waals surface area contributed by atoms with Gasteiger partial charge in [0, 0.05) is 32.1 Å². The topological polar surface area (TPSA) is 538 Å². The van der Waals surface area contributed by atoms with Crippen LogP contribution in [0.4, 0.5) is 4.79 Å². The van der Waals surface area contributed by atoms with Gasteiger partial charge in [0.15, 0.2) is 0 Å². The number of rotatable bonds is 65. The highest BCUT2D eigenvalue weighted by Gasteiger charge is 2.27. The quantitative estimate of drug-likeness (QED) is 0.00495. The Balaban J connectivity index is -0.000000546. The third-order valence-electron chi connectivity index (χ3n) is 20.8. The predicted octanol–water partition coefficient (Wildman–Crippen LogP) is 22.0. The summed E-state index contributed by atoms with van der Waals surface area (Å²) in [6.45, 7) is 39.7. The number of amides is 1. The van der Waals surface area contributed by atoms with Crippen LogP contribution in [0.25, 0.3) is 0 Å². The summed E-state index contributed by atoms with van der Waals surface area (Å²) in [7, 11) is -7.71. The number of benzene rings is 4. The number of ether oxygens (including phenoxy) is 8. The fraction of sp³-hybridized carbons (Fsp3) is 0.670. The lowest BCUT2D eigenvalue weighted by Gasteiger charge is -2.19. The van der Waals surface area contributed by atoms with Gasteiger partial charge in [-0.25, -0.2) is 9.59 Å². The molecule has 0 spiro atoms. The number of hydrogen-bond donors (Lipinski definition) is 9. The summed E-state index contributed by atoms with van der Waals surface area (Å²) in [5.41, 5.74) is 19.2. The number of carbonyl (C=O) groups excluding carboxylic acids is 9. The normalized spacial score (nSPS) is 12.2. The molecule has 33 nitrogen and oxygen atoms in total. The molecule has 4 aromatic carbocycles. The van der Waals surface area contributed by atoms with Gasteiger partial charge in [0.2, 0.25) is 5.91 Å². The number of nitrogens with one attached hydrogen (secondary N) is 1. The molecule has 0 aliphatic carbocycles. The molecule has 0 saturated heterocycles. The predicted molar refractivity (Wildman–Crippen MR) is 572 cm³/mol. The number of Topliss-reactive ketones (excluding diaryl/α,β-unsaturated/α-hetero) is 1. The van der Waals surface area contributed by atoms with Crippen molar-refractivity contribution in [1.29, 1.82) is 1.28 Å². The van der Waals surface area contributed by atoms with Crippen molar-refractivity contribution in [2.45, 2.75) is 390 Å². The molecule has 4 rings (SSSR count). The maximum absolute atomic E-state index is 12.6. The first-order valence-corrected chi connectivity index (χ1v) is 55.6. The zero-order chi connectivity index (χ0) is 112. The van der Waals surface area contributed by atoms with Crippen molar-refractivity contribution in [3.05, 3.63) is 120 Å². The van der Waals surface area contributed by atoms with Gasteiger partial charge in [-0.2, -0.15) is 16.8 Å². The van der Waals surface area contributed by atoms with Crippen LogP contribution >= 0.6 is 9.18 Å². The number of nitrogens with two attached hydrogens (primary N) is 3. The summed E-state index contributed by atoms with van der Waals surface area (Å²) in [6, 6.07) is 27.3. The van der Waals surface area contributed by atoms with E-state index in [-0.39, 0.29) is 101 Å². The molecular weight excluding hydrogens is 1920 g/mol. The summed E-state index contributed by atoms with van der Waals surface area (Å²) in [4.78, 5) is 137. The summed E-state index contributed by atoms with van der Waals surface area (Å²) >= 11 is 0. The van der Waals surface area contributed by atoms with Crippen LogP contribution in [-0.2, 0) is 101 Å². The summed E-state index contributed by atoms with van der Waals surface area (Å²) in [5.74, 6) is -1.32. The molecule has 0 heterocycles. The zero-order valence-corrected chi connectivity index (χ0v) is 93.2. The van der Waals surface area contributed by atoms with E-state index in [2.05, 4.69) is 19.2 Å². The van der Waals surface area contributed by atoms with Gasteiger partial charge in [-0.3, -0.25) is 52.3 Å². The molecule has 4 aromatic rings. The van der Waals surface area contributed by atoms with Gasteiger partial charge in [0.25, 0.3) is 20.2 Å². The number of aryl methyl sites for hydroxylation is 2. The van der Waals surface area contributed by atoms with Crippen LogP contribution in [0.2, 0.25) is 0 Å². The lowest BCUT2D eigenvalue weighted by molar-refractivity contribution is -0.151. The smallest absolute Gasteiger partial charge is 0.481 e. The van der Waals surface area contributed by atoms with E-state index in [0.29, 0.717) is 135 Å². The molecule has 0 saturated carbocycles. The van der Waals surface area contributed by atoms with Crippen molar-refractivity contribution >= 4 is 101 Å². The maximum atomic E-state index is 12.6. The molecule has 12 N–H and O–H groups in total. The van der Waals surface area contributed by atoms with Crippen molar-refractivity contribution in [1.82, 2.24) is 5.32 Å². The summed E-state index contributed by atoms with van der Waals surface area (Å²) in [6.07, 6.45) is 26.0. The molecule has 832 valence electrons. The number of ketones is 1. The van der Waals surface area contributed by atoms with E-state index < -0.39 is 68.5 Å². The highest BCUT2D eigenvalue weighted by molar-refractivity contribution is 7.86. The Kier molecular flexibility index (Phi) is 90.1. The van der Waals surface area contributed by atoms with Gasteiger partial charge in [0.05, 0.1) is 62.5 Å². The number of carbonyl (C=O) groups is 12. The third kappa shape index (κ3) is 93.0. The number of hydrogen-bond acceptors (Lipinski definition) is 27. The molecule has 36 heteroatoms. The number of esters is 6. The fourth-order valence-corrected chi connectivity index (χ4v) is 14.4. The van der Waals surface area contributed by atoms with Gasteiger partial charge < -0.3 is 80.5 Å². The lowest BCUT2D eigenvalue weighted by Crippen LogP contribution is -2.42. The van der Waals surface area contributed by atoms with E-state index in [1.807, 2.05) is 123 Å². The molecule has 0 aliphatic rings. The van der Waals surface area contributed by atoms with Crippen LogP contribution in [0.5, 0.6) is 11.5 Å². The van der Waals surface area contributed by atoms with Crippen molar-refractivity contribution in [3.63, 3.8) is 0 Å². The number of carboxylic acid groups (broad SMARTS) is 3. The number of carboxylic acids is 3. The van der Waals surface area contributed by atoms with Crippen LogP contribution in [-0.4, -0.2) is 185 Å². The fourth-order valence-electron chi connectivity index (χ4n) is 13.4. The van der Waals surface area contributed by atoms with Gasteiger partial charge in [-0.15, -0.1) is 9.18 Å². The van der Waals surface area contributed by atoms with Crippen LogP contribution in [0.3, 0.4) is 0 Å². The Morgan fingerprint density at radius 3 is 0.848 bits per heavy atom. The average molecular weight is 2110 g/mol. The molecule has 145 heavy (non-hydrogen) atoms. The van der Waals surface area contributed by atoms with E-state index in [0.717, 1.165) is 172 Å². The molecule has 0 fully saturated rings. The number of unbranched alkanes of at least 4 members (excludes halogenated alkanes) is 19. The molecule has 7 atom stereocenters. The molecule has 0 aromatic heterocycles. The second kappa shape index (κ2) is 92.0. The molecule has 1 amide bonds. The van der Waals surface area contributed by atoms with Crippen LogP contribution in [0.1, 0.15) is 353 Å². The lowest BCUT2D eigenvalue weighted by atomic mass is 9.93. The maximum Gasteiger partial charge on any atom is 0.519 e. The Bertz CT molecular complexity index is 4130. The van der Waals surface area contributed by atoms with Gasteiger partial charge in [-0.05, 0) is 252 Å². The van der Waals surface area contributed by atoms with Crippen LogP contribution in [0.15, 0.2) is 119 Å². The van der Waals surface area contributed by atoms with E-state index in [4.69, 9.17) is 80.8 Å². The second-order valence-corrected chi connectivity index (χ2v) is 40.6. The molecule has 7 unspecified atom stereocenters. The molecular formula is C109H185N4O29PS2. The third-order valence-corrected chi connectivity index (χ3v) is 22.5. The van der Waals surface area contributed by atoms with E-state index in [1.54, 1.807) is 72.8 Å². The van der Waals surface area contributed by atoms with Crippen molar-refractivity contribution in [3.8, 4) is 11.5 Å². The average Bonchev–Trinajstić information content (AvgIpc) is 0.866. The van der Waals surface area contributed by atoms with Crippen LogP contribution < -0.4 is 32.0 Å². The standard InChI is InChI=1S/C30H55NO7.C21H39NO5.C18H36N2O4.C13H10O3.C10H18O4.2C7H8O3S.C2H6.CH5P/c1-6-25(21-23(2)3)29(35)37-19-15-11-12-16-20-38-30(36)26(22-24(4)5)31-27(32)17-13-9-7-8-10-14-18-28(33)34;1-15(2)12-18(14-17(5)23)20(24)26-10-8-6-7-9-11-27-21(25)19(22)13-16(3)4;1-13(2)11-15(19)17(21)23-9-7-5-6-8-10-24-18(22)16(20)12-14(3)4;14-13(15-11-7-3-1-4-8-11)16-12-9-5-2-6-10-12;11-9(12)7-5-3-1-2-4-6-8-10(13)14;2*1-6-2-4-7(5-3-6)11(8,9)10;2*1-2/h23-26H,6-22H2,1-5H3,(H,31,32)(H,33,34);15-16,18-19H,6-14,22H2,1-5H3;13-16H,5-12,19-20H2,1-4H3;1-10H;1-8H2,(H,11,12)(H,13,14);2*2-5H,1H3,(H,8,9,10);1-2H3;2H2,1H3/i;;;;;;;;2D. The Morgan fingerprint density at radius 1 is 0.352 bits per heavy atom.